The van der Waals surface area contributed by atoms with Gasteiger partial charge in [0.2, 0.25) is 0 Å². The average Bonchev–Trinajstić information content (AvgIpc) is 2.16. The van der Waals surface area contributed by atoms with Crippen LogP contribution >= 0.6 is 0 Å². The lowest BCUT2D eigenvalue weighted by Gasteiger charge is -2.13. The molecule has 0 aromatic heterocycles. The second-order valence-electron chi connectivity index (χ2n) is 3.58. The molecule has 4 heteroatoms. The molecule has 0 radical (unpaired) electrons. The zero-order chi connectivity index (χ0) is 11.6. The van der Waals surface area contributed by atoms with Crippen molar-refractivity contribution in [2.75, 3.05) is 6.61 Å². The number of hydrogen-bond acceptors (Lipinski definition) is 2. The van der Waals surface area contributed by atoms with E-state index in [4.69, 9.17) is 10.2 Å². The molecule has 0 fully saturated rings. The topological polar surface area (TPSA) is 57.5 Å². The maximum absolute atomic E-state index is 13.2. The Morgan fingerprint density at radius 2 is 2.13 bits per heavy atom. The fourth-order valence-corrected chi connectivity index (χ4v) is 1.48. The minimum absolute atomic E-state index is 0.0917. The molecule has 1 atom stereocenters. The third kappa shape index (κ3) is 2.33. The van der Waals surface area contributed by atoms with E-state index in [1.807, 2.05) is 0 Å². The summed E-state index contributed by atoms with van der Waals surface area (Å²) in [4.78, 5) is 10.7. The van der Waals surface area contributed by atoms with Crippen molar-refractivity contribution in [3.05, 3.63) is 34.6 Å². The molecule has 0 spiro atoms. The van der Waals surface area contributed by atoms with E-state index in [0.717, 1.165) is 0 Å². The quantitative estimate of drug-likeness (QED) is 0.804. The van der Waals surface area contributed by atoms with Crippen LogP contribution in [-0.4, -0.2) is 22.8 Å². The molecule has 15 heavy (non-hydrogen) atoms. The number of aryl methyl sites for hydroxylation is 1. The largest absolute Gasteiger partial charge is 0.478 e. The summed E-state index contributed by atoms with van der Waals surface area (Å²) in [6, 6.07) is 2.47. The van der Waals surface area contributed by atoms with Gasteiger partial charge in [-0.05, 0) is 30.2 Å². The Hall–Kier alpha value is -1.42. The number of hydrogen-bond donors (Lipinski definition) is 2. The van der Waals surface area contributed by atoms with Gasteiger partial charge in [0.15, 0.2) is 0 Å². The molecule has 3 nitrogen and oxygen atoms in total. The summed E-state index contributed by atoms with van der Waals surface area (Å²) in [5.74, 6) is -2.23. The lowest BCUT2D eigenvalue weighted by molar-refractivity contribution is 0.0691. The Labute approximate surface area is 87.2 Å². The van der Waals surface area contributed by atoms with Crippen LogP contribution in [0, 0.1) is 12.7 Å². The van der Waals surface area contributed by atoms with E-state index in [0.29, 0.717) is 11.1 Å². The summed E-state index contributed by atoms with van der Waals surface area (Å²) in [6.45, 7) is 3.35. The molecule has 1 aromatic rings. The summed E-state index contributed by atoms with van der Waals surface area (Å²) >= 11 is 0. The second-order valence-corrected chi connectivity index (χ2v) is 3.58. The number of halogens is 1. The molecule has 82 valence electrons. The number of carboxylic acids is 1. The SMILES string of the molecule is Cc1cc(F)c(C(=O)O)cc1C(C)CO. The molecule has 0 saturated carbocycles. The zero-order valence-corrected chi connectivity index (χ0v) is 8.62. The van der Waals surface area contributed by atoms with Crippen LogP contribution in [0.1, 0.15) is 34.3 Å². The number of rotatable bonds is 3. The summed E-state index contributed by atoms with van der Waals surface area (Å²) in [7, 11) is 0. The highest BCUT2D eigenvalue weighted by atomic mass is 19.1. The minimum Gasteiger partial charge on any atom is -0.478 e. The molecule has 0 aliphatic heterocycles. The maximum atomic E-state index is 13.2. The highest BCUT2D eigenvalue weighted by Gasteiger charge is 2.16. The van der Waals surface area contributed by atoms with Crippen molar-refractivity contribution < 1.29 is 19.4 Å². The fourth-order valence-electron chi connectivity index (χ4n) is 1.48. The Balaban J connectivity index is 3.29. The van der Waals surface area contributed by atoms with Crippen LogP contribution in [0.5, 0.6) is 0 Å². The van der Waals surface area contributed by atoms with Gasteiger partial charge in [-0.1, -0.05) is 6.92 Å². The molecule has 2 N–H and O–H groups in total. The van der Waals surface area contributed by atoms with Crippen molar-refractivity contribution in [2.45, 2.75) is 19.8 Å². The van der Waals surface area contributed by atoms with Crippen molar-refractivity contribution in [3.8, 4) is 0 Å². The van der Waals surface area contributed by atoms with Gasteiger partial charge in [0.05, 0.1) is 5.56 Å². The first-order valence-corrected chi connectivity index (χ1v) is 4.61. The van der Waals surface area contributed by atoms with Crippen LogP contribution in [0.15, 0.2) is 12.1 Å². The minimum atomic E-state index is -1.29. The van der Waals surface area contributed by atoms with Gasteiger partial charge in [0, 0.05) is 12.5 Å². The highest BCUT2D eigenvalue weighted by molar-refractivity contribution is 5.88. The van der Waals surface area contributed by atoms with E-state index in [9.17, 15) is 9.18 Å². The normalized spacial score (nSPS) is 12.5. The summed E-state index contributed by atoms with van der Waals surface area (Å²) in [5.41, 5.74) is 0.964. The first-order chi connectivity index (χ1) is 6.97. The Kier molecular flexibility index (Phi) is 3.42. The van der Waals surface area contributed by atoms with Gasteiger partial charge in [0.25, 0.3) is 0 Å². The Morgan fingerprint density at radius 1 is 1.53 bits per heavy atom. The third-order valence-corrected chi connectivity index (χ3v) is 2.39. The predicted molar refractivity (Wildman–Crippen MR) is 53.6 cm³/mol. The molecular formula is C11H13FO3. The molecule has 1 rings (SSSR count). The summed E-state index contributed by atoms with van der Waals surface area (Å²) < 4.78 is 13.2. The van der Waals surface area contributed by atoms with Crippen LogP contribution < -0.4 is 0 Å². The first kappa shape index (κ1) is 11.7. The van der Waals surface area contributed by atoms with E-state index in [-0.39, 0.29) is 18.1 Å². The van der Waals surface area contributed by atoms with Gasteiger partial charge in [-0.15, -0.1) is 0 Å². The van der Waals surface area contributed by atoms with E-state index in [1.54, 1.807) is 13.8 Å². The molecular weight excluding hydrogens is 199 g/mol. The van der Waals surface area contributed by atoms with Crippen molar-refractivity contribution in [1.82, 2.24) is 0 Å². The van der Waals surface area contributed by atoms with E-state index < -0.39 is 11.8 Å². The van der Waals surface area contributed by atoms with Crippen molar-refractivity contribution >= 4 is 5.97 Å². The lowest BCUT2D eigenvalue weighted by Crippen LogP contribution is -2.07. The fraction of sp³-hybridized carbons (Fsp3) is 0.364. The number of benzene rings is 1. The van der Waals surface area contributed by atoms with Crippen molar-refractivity contribution in [2.24, 2.45) is 0 Å². The van der Waals surface area contributed by atoms with Crippen molar-refractivity contribution in [3.63, 3.8) is 0 Å². The number of carboxylic acid groups (broad SMARTS) is 1. The van der Waals surface area contributed by atoms with E-state index in [1.165, 1.54) is 12.1 Å². The molecule has 0 amide bonds. The summed E-state index contributed by atoms with van der Waals surface area (Å²) in [5, 5.41) is 17.7. The highest BCUT2D eigenvalue weighted by Crippen LogP contribution is 2.22. The Morgan fingerprint density at radius 3 is 2.60 bits per heavy atom. The predicted octanol–water partition coefficient (Wildman–Crippen LogP) is 1.93. The van der Waals surface area contributed by atoms with E-state index >= 15 is 0 Å². The molecule has 0 heterocycles. The second kappa shape index (κ2) is 4.40. The van der Waals surface area contributed by atoms with Gasteiger partial charge in [0.1, 0.15) is 5.82 Å². The van der Waals surface area contributed by atoms with Crippen LogP contribution in [0.2, 0.25) is 0 Å². The van der Waals surface area contributed by atoms with Crippen molar-refractivity contribution in [1.29, 1.82) is 0 Å². The number of aliphatic hydroxyl groups excluding tert-OH is 1. The van der Waals surface area contributed by atoms with Crippen LogP contribution in [0.25, 0.3) is 0 Å². The first-order valence-electron chi connectivity index (χ1n) is 4.61. The molecule has 0 aliphatic carbocycles. The van der Waals surface area contributed by atoms with E-state index in [2.05, 4.69) is 0 Å². The van der Waals surface area contributed by atoms with Gasteiger partial charge in [-0.25, -0.2) is 9.18 Å². The number of carbonyl (C=O) groups is 1. The average molecular weight is 212 g/mol. The van der Waals surface area contributed by atoms with Gasteiger partial charge in [-0.3, -0.25) is 0 Å². The third-order valence-electron chi connectivity index (χ3n) is 2.39. The standard InChI is InChI=1S/C11H13FO3/c1-6-3-10(12)9(11(14)15)4-8(6)7(2)5-13/h3-4,7,13H,5H2,1-2H3,(H,14,15). The van der Waals surface area contributed by atoms with Crippen LogP contribution in [0.4, 0.5) is 4.39 Å². The number of aliphatic hydroxyl groups is 1. The zero-order valence-electron chi connectivity index (χ0n) is 8.62. The summed E-state index contributed by atoms with van der Waals surface area (Å²) in [6.07, 6.45) is 0. The Bertz CT molecular complexity index is 388. The van der Waals surface area contributed by atoms with Gasteiger partial charge >= 0.3 is 5.97 Å². The maximum Gasteiger partial charge on any atom is 0.338 e. The monoisotopic (exact) mass is 212 g/mol. The number of aromatic carboxylic acids is 1. The van der Waals surface area contributed by atoms with Crippen LogP contribution in [0.3, 0.4) is 0 Å². The lowest BCUT2D eigenvalue weighted by atomic mass is 9.94. The molecule has 1 unspecified atom stereocenters. The molecule has 0 bridgehead atoms. The molecule has 0 saturated heterocycles. The molecule has 1 aromatic carbocycles. The van der Waals surface area contributed by atoms with Gasteiger partial charge < -0.3 is 10.2 Å². The van der Waals surface area contributed by atoms with Gasteiger partial charge in [-0.2, -0.15) is 0 Å². The molecule has 0 aliphatic rings. The van der Waals surface area contributed by atoms with Crippen LogP contribution in [-0.2, 0) is 0 Å². The smallest absolute Gasteiger partial charge is 0.338 e.